The quantitative estimate of drug-likeness (QED) is 0.386. The molecule has 0 unspecified atom stereocenters. The van der Waals surface area contributed by atoms with Gasteiger partial charge in [0.15, 0.2) is 11.6 Å². The third-order valence-corrected chi connectivity index (χ3v) is 5.05. The Morgan fingerprint density at radius 1 is 0.909 bits per heavy atom. The first-order valence-corrected chi connectivity index (χ1v) is 10.6. The Hall–Kier alpha value is -3.75. The molecule has 33 heavy (non-hydrogen) atoms. The number of unbranched alkanes of at least 4 members (excludes halogenated alkanes) is 1. The molecule has 0 aliphatic rings. The number of rotatable bonds is 7. The van der Waals surface area contributed by atoms with Gasteiger partial charge in [0.25, 0.3) is 5.56 Å². The fourth-order valence-electron chi connectivity index (χ4n) is 3.47. The van der Waals surface area contributed by atoms with E-state index in [1.165, 1.54) is 12.1 Å². The fraction of sp³-hybridized carbons (Fsp3) is 0.250. The number of benzene rings is 1. The van der Waals surface area contributed by atoms with Crippen LogP contribution in [-0.4, -0.2) is 30.5 Å². The molecule has 3 heterocycles. The molecule has 4 aromatic rings. The van der Waals surface area contributed by atoms with Gasteiger partial charge in [-0.15, -0.1) is 5.10 Å². The Labute approximate surface area is 188 Å². The molecule has 3 aromatic heterocycles. The molecule has 0 saturated heterocycles. The first kappa shape index (κ1) is 22.4. The molecule has 0 aliphatic carbocycles. The molecular weight excluding hydrogens is 431 g/mol. The maximum atomic E-state index is 12.9. The standard InChI is InChI=1S/C24H22F3N5O/c1-2-3-15-32-22(18-11-8-14-31(23(18)33)16-24(25,26)27)29-21(30-32)20-13-7-12-19(28-20)17-9-5-4-6-10-17/h4-14H,2-3,15-16H2,1H3. The number of aromatic nitrogens is 5. The van der Waals surface area contributed by atoms with Crippen molar-refractivity contribution in [3.63, 3.8) is 0 Å². The molecule has 0 atom stereocenters. The normalized spacial score (nSPS) is 11.6. The molecule has 0 amide bonds. The lowest BCUT2D eigenvalue weighted by Gasteiger charge is -2.11. The van der Waals surface area contributed by atoms with Crippen LogP contribution in [0.25, 0.3) is 34.2 Å². The highest BCUT2D eigenvalue weighted by Crippen LogP contribution is 2.24. The van der Waals surface area contributed by atoms with E-state index in [-0.39, 0.29) is 11.4 Å². The summed E-state index contributed by atoms with van der Waals surface area (Å²) < 4.78 is 40.9. The summed E-state index contributed by atoms with van der Waals surface area (Å²) in [6.07, 6.45) is -1.73. The second-order valence-corrected chi connectivity index (χ2v) is 7.58. The topological polar surface area (TPSA) is 65.6 Å². The summed E-state index contributed by atoms with van der Waals surface area (Å²) >= 11 is 0. The third kappa shape index (κ3) is 5.19. The van der Waals surface area contributed by atoms with Crippen LogP contribution in [-0.2, 0) is 13.1 Å². The van der Waals surface area contributed by atoms with E-state index in [1.54, 1.807) is 10.7 Å². The predicted molar refractivity (Wildman–Crippen MR) is 119 cm³/mol. The molecule has 0 N–H and O–H groups in total. The minimum absolute atomic E-state index is 0.0656. The average Bonchev–Trinajstić information content (AvgIpc) is 3.23. The zero-order valence-electron chi connectivity index (χ0n) is 18.0. The van der Waals surface area contributed by atoms with Gasteiger partial charge in [-0.05, 0) is 30.7 Å². The lowest BCUT2D eigenvalue weighted by atomic mass is 10.1. The fourth-order valence-corrected chi connectivity index (χ4v) is 3.47. The summed E-state index contributed by atoms with van der Waals surface area (Å²) in [6.45, 7) is 1.13. The molecule has 6 nitrogen and oxygen atoms in total. The van der Waals surface area contributed by atoms with Gasteiger partial charge in [0, 0.05) is 18.3 Å². The molecule has 0 fully saturated rings. The lowest BCUT2D eigenvalue weighted by Crippen LogP contribution is -2.29. The van der Waals surface area contributed by atoms with Gasteiger partial charge in [0.1, 0.15) is 12.2 Å². The monoisotopic (exact) mass is 453 g/mol. The maximum Gasteiger partial charge on any atom is 0.406 e. The zero-order valence-corrected chi connectivity index (χ0v) is 18.0. The van der Waals surface area contributed by atoms with Crippen molar-refractivity contribution in [1.82, 2.24) is 24.3 Å². The third-order valence-electron chi connectivity index (χ3n) is 5.05. The number of hydrogen-bond donors (Lipinski definition) is 0. The van der Waals surface area contributed by atoms with Crippen molar-refractivity contribution < 1.29 is 13.2 Å². The summed E-state index contributed by atoms with van der Waals surface area (Å²) in [7, 11) is 0. The van der Waals surface area contributed by atoms with Crippen molar-refractivity contribution >= 4 is 0 Å². The van der Waals surface area contributed by atoms with E-state index in [0.29, 0.717) is 22.6 Å². The molecule has 0 aliphatic heterocycles. The maximum absolute atomic E-state index is 12.9. The van der Waals surface area contributed by atoms with E-state index < -0.39 is 18.3 Å². The molecular formula is C24H22F3N5O. The number of alkyl halides is 3. The van der Waals surface area contributed by atoms with E-state index in [2.05, 4.69) is 15.1 Å². The predicted octanol–water partition coefficient (Wildman–Crippen LogP) is 5.20. The van der Waals surface area contributed by atoms with Gasteiger partial charge in [-0.25, -0.2) is 14.6 Å². The summed E-state index contributed by atoms with van der Waals surface area (Å²) in [4.78, 5) is 22.0. The Balaban J connectivity index is 1.78. The number of hydrogen-bond acceptors (Lipinski definition) is 4. The highest BCUT2D eigenvalue weighted by molar-refractivity contribution is 5.64. The second kappa shape index (κ2) is 9.40. The van der Waals surface area contributed by atoms with Gasteiger partial charge in [0.2, 0.25) is 0 Å². The van der Waals surface area contributed by atoms with Crippen LogP contribution in [0.4, 0.5) is 13.2 Å². The van der Waals surface area contributed by atoms with Gasteiger partial charge < -0.3 is 4.57 Å². The molecule has 0 spiro atoms. The Kier molecular flexibility index (Phi) is 6.39. The number of halogens is 3. The summed E-state index contributed by atoms with van der Waals surface area (Å²) in [5, 5.41) is 4.55. The Morgan fingerprint density at radius 2 is 1.67 bits per heavy atom. The molecule has 0 saturated carbocycles. The smallest absolute Gasteiger partial charge is 0.306 e. The van der Waals surface area contributed by atoms with Crippen LogP contribution in [0.3, 0.4) is 0 Å². The Morgan fingerprint density at radius 3 is 2.39 bits per heavy atom. The van der Waals surface area contributed by atoms with Crippen LogP contribution in [0.5, 0.6) is 0 Å². The van der Waals surface area contributed by atoms with Gasteiger partial charge in [-0.2, -0.15) is 13.2 Å². The van der Waals surface area contributed by atoms with Gasteiger partial charge >= 0.3 is 6.18 Å². The molecule has 0 bridgehead atoms. The highest BCUT2D eigenvalue weighted by atomic mass is 19.4. The van der Waals surface area contributed by atoms with E-state index in [1.807, 2.05) is 49.4 Å². The number of aryl methyl sites for hydroxylation is 1. The molecule has 0 radical (unpaired) electrons. The van der Waals surface area contributed by atoms with E-state index >= 15 is 0 Å². The van der Waals surface area contributed by atoms with Crippen LogP contribution in [0.15, 0.2) is 71.7 Å². The van der Waals surface area contributed by atoms with E-state index in [4.69, 9.17) is 0 Å². The lowest BCUT2D eigenvalue weighted by molar-refractivity contribution is -0.141. The van der Waals surface area contributed by atoms with Crippen LogP contribution in [0, 0.1) is 0 Å². The van der Waals surface area contributed by atoms with Gasteiger partial charge in [-0.3, -0.25) is 4.79 Å². The first-order valence-electron chi connectivity index (χ1n) is 10.6. The average molecular weight is 453 g/mol. The largest absolute Gasteiger partial charge is 0.406 e. The van der Waals surface area contributed by atoms with Crippen molar-refractivity contribution in [1.29, 1.82) is 0 Å². The number of nitrogens with zero attached hydrogens (tertiary/aromatic N) is 5. The minimum Gasteiger partial charge on any atom is -0.306 e. The second-order valence-electron chi connectivity index (χ2n) is 7.58. The van der Waals surface area contributed by atoms with Crippen LogP contribution in [0.1, 0.15) is 19.8 Å². The summed E-state index contributed by atoms with van der Waals surface area (Å²) in [6, 6.07) is 18.0. The molecule has 1 aromatic carbocycles. The van der Waals surface area contributed by atoms with E-state index in [9.17, 15) is 18.0 Å². The highest BCUT2D eigenvalue weighted by Gasteiger charge is 2.29. The van der Waals surface area contributed by atoms with Crippen molar-refractivity contribution in [2.24, 2.45) is 0 Å². The summed E-state index contributed by atoms with van der Waals surface area (Å²) in [5.41, 5.74) is 1.49. The van der Waals surface area contributed by atoms with Crippen molar-refractivity contribution in [2.75, 3.05) is 0 Å². The zero-order chi connectivity index (χ0) is 23.4. The van der Waals surface area contributed by atoms with Crippen molar-refractivity contribution in [3.8, 4) is 34.2 Å². The van der Waals surface area contributed by atoms with Crippen LogP contribution in [0.2, 0.25) is 0 Å². The SMILES string of the molecule is CCCCn1nc(-c2cccc(-c3ccccc3)n2)nc1-c1cccn(CC(F)(F)F)c1=O. The van der Waals surface area contributed by atoms with E-state index in [0.717, 1.165) is 30.3 Å². The molecule has 9 heteroatoms. The number of pyridine rings is 2. The van der Waals surface area contributed by atoms with Crippen LogP contribution < -0.4 is 5.56 Å². The van der Waals surface area contributed by atoms with Crippen molar-refractivity contribution in [3.05, 3.63) is 77.2 Å². The van der Waals surface area contributed by atoms with Gasteiger partial charge in [-0.1, -0.05) is 49.7 Å². The molecule has 4 rings (SSSR count). The molecule has 170 valence electrons. The van der Waals surface area contributed by atoms with Crippen molar-refractivity contribution in [2.45, 2.75) is 39.0 Å². The van der Waals surface area contributed by atoms with Crippen LogP contribution >= 0.6 is 0 Å². The first-order chi connectivity index (χ1) is 15.9. The summed E-state index contributed by atoms with van der Waals surface area (Å²) in [5.74, 6) is 0.538. The minimum atomic E-state index is -4.51. The van der Waals surface area contributed by atoms with Gasteiger partial charge in [0.05, 0.1) is 11.3 Å². The Bertz CT molecular complexity index is 1300.